The van der Waals surface area contributed by atoms with Gasteiger partial charge in [-0.25, -0.2) is 4.99 Å². The molecular formula is C24H22N2O. The Hall–Kier alpha value is -3.33. The third-order valence-electron chi connectivity index (χ3n) is 4.75. The van der Waals surface area contributed by atoms with E-state index in [1.807, 2.05) is 60.7 Å². The predicted octanol–water partition coefficient (Wildman–Crippen LogP) is 6.17. The maximum absolute atomic E-state index is 10.7. The van der Waals surface area contributed by atoms with Gasteiger partial charge in [-0.15, -0.1) is 0 Å². The first-order valence-electron chi connectivity index (χ1n) is 9.17. The number of para-hydroxylation sites is 1. The lowest BCUT2D eigenvalue weighted by atomic mass is 9.98. The van der Waals surface area contributed by atoms with Crippen LogP contribution in [0.2, 0.25) is 0 Å². The normalized spacial score (nSPS) is 12.0. The Bertz CT molecular complexity index is 1090. The molecule has 27 heavy (non-hydrogen) atoms. The minimum atomic E-state index is 0.143. The molecule has 2 N–H and O–H groups in total. The van der Waals surface area contributed by atoms with Gasteiger partial charge in [0.05, 0.1) is 17.0 Å². The Morgan fingerprint density at radius 2 is 1.56 bits per heavy atom. The third kappa shape index (κ3) is 3.36. The topological polar surface area (TPSA) is 48.4 Å². The summed E-state index contributed by atoms with van der Waals surface area (Å²) in [5.74, 6) is 0.569. The smallest absolute Gasteiger partial charge is 0.199 e. The Balaban J connectivity index is 1.96. The highest BCUT2D eigenvalue weighted by Crippen LogP contribution is 2.33. The monoisotopic (exact) mass is 354 g/mol. The summed E-state index contributed by atoms with van der Waals surface area (Å²) >= 11 is 0. The second kappa shape index (κ2) is 7.12. The van der Waals surface area contributed by atoms with Crippen LogP contribution in [0.5, 0.6) is 5.88 Å². The maximum Gasteiger partial charge on any atom is 0.199 e. The quantitative estimate of drug-likeness (QED) is 0.423. The number of aromatic nitrogens is 1. The van der Waals surface area contributed by atoms with Crippen LogP contribution >= 0.6 is 0 Å². The number of hydrogen-bond acceptors (Lipinski definition) is 2. The molecule has 4 aromatic rings. The maximum atomic E-state index is 10.7. The van der Waals surface area contributed by atoms with Gasteiger partial charge in [-0.2, -0.15) is 0 Å². The van der Waals surface area contributed by atoms with E-state index in [9.17, 15) is 5.11 Å². The van der Waals surface area contributed by atoms with Gasteiger partial charge in [0.25, 0.3) is 0 Å². The van der Waals surface area contributed by atoms with Gasteiger partial charge in [0.1, 0.15) is 0 Å². The summed E-state index contributed by atoms with van der Waals surface area (Å²) < 4.78 is 0. The molecule has 0 unspecified atom stereocenters. The fraction of sp³-hybridized carbons (Fsp3) is 0.125. The van der Waals surface area contributed by atoms with Gasteiger partial charge in [-0.05, 0) is 29.7 Å². The molecule has 3 heteroatoms. The van der Waals surface area contributed by atoms with Crippen LogP contribution in [0.15, 0.2) is 83.9 Å². The zero-order valence-corrected chi connectivity index (χ0v) is 15.5. The van der Waals surface area contributed by atoms with E-state index in [1.54, 1.807) is 0 Å². The van der Waals surface area contributed by atoms with Gasteiger partial charge in [-0.1, -0.05) is 74.5 Å². The number of aromatic hydroxyl groups is 1. The molecule has 0 fully saturated rings. The summed E-state index contributed by atoms with van der Waals surface area (Å²) in [6.45, 7) is 4.33. The van der Waals surface area contributed by atoms with Crippen LogP contribution in [0.25, 0.3) is 10.9 Å². The van der Waals surface area contributed by atoms with Gasteiger partial charge < -0.3 is 10.1 Å². The number of aromatic amines is 1. The Morgan fingerprint density at radius 1 is 0.889 bits per heavy atom. The number of nitrogens with zero attached hydrogens (tertiary/aromatic N) is 1. The van der Waals surface area contributed by atoms with E-state index in [2.05, 4.69) is 37.0 Å². The molecule has 0 saturated carbocycles. The van der Waals surface area contributed by atoms with Gasteiger partial charge in [0.15, 0.2) is 5.88 Å². The van der Waals surface area contributed by atoms with E-state index >= 15 is 0 Å². The summed E-state index contributed by atoms with van der Waals surface area (Å²) in [5, 5.41) is 11.7. The van der Waals surface area contributed by atoms with Crippen LogP contribution < -0.4 is 0 Å². The number of H-pyrrole nitrogens is 1. The van der Waals surface area contributed by atoms with Crippen molar-refractivity contribution in [1.29, 1.82) is 0 Å². The molecule has 4 rings (SSSR count). The lowest BCUT2D eigenvalue weighted by molar-refractivity contribution is 0.457. The van der Waals surface area contributed by atoms with Crippen molar-refractivity contribution in [2.24, 2.45) is 4.99 Å². The highest BCUT2D eigenvalue weighted by Gasteiger charge is 2.19. The van der Waals surface area contributed by atoms with Crippen molar-refractivity contribution in [3.05, 3.63) is 95.6 Å². The minimum Gasteiger partial charge on any atom is -0.494 e. The fourth-order valence-electron chi connectivity index (χ4n) is 3.29. The van der Waals surface area contributed by atoms with Crippen LogP contribution in [0.3, 0.4) is 0 Å². The highest BCUT2D eigenvalue weighted by atomic mass is 16.3. The molecule has 0 atom stereocenters. The van der Waals surface area contributed by atoms with E-state index in [0.29, 0.717) is 5.92 Å². The highest BCUT2D eigenvalue weighted by molar-refractivity contribution is 6.21. The van der Waals surface area contributed by atoms with Gasteiger partial charge in [0, 0.05) is 16.5 Å². The summed E-state index contributed by atoms with van der Waals surface area (Å²) in [5.41, 5.74) is 5.45. The molecule has 0 radical (unpaired) electrons. The summed E-state index contributed by atoms with van der Waals surface area (Å²) in [6.07, 6.45) is 0. The van der Waals surface area contributed by atoms with Gasteiger partial charge in [0.2, 0.25) is 0 Å². The van der Waals surface area contributed by atoms with Crippen molar-refractivity contribution in [2.45, 2.75) is 19.8 Å². The van der Waals surface area contributed by atoms with Crippen LogP contribution in [0.4, 0.5) is 5.69 Å². The molecule has 134 valence electrons. The average molecular weight is 354 g/mol. The number of benzene rings is 3. The first kappa shape index (κ1) is 17.1. The van der Waals surface area contributed by atoms with Crippen molar-refractivity contribution in [3.8, 4) is 5.88 Å². The van der Waals surface area contributed by atoms with E-state index in [-0.39, 0.29) is 5.88 Å². The number of aliphatic imine (C=N–C) groups is 1. The number of hydrogen-bond donors (Lipinski definition) is 2. The predicted molar refractivity (Wildman–Crippen MR) is 112 cm³/mol. The standard InChI is InChI=1S/C24H22N2O/c1-16(2)18-13-14-20-21(15-18)26-24(27)22(20)23(17-9-5-3-6-10-17)25-19-11-7-4-8-12-19/h3-16,26-27H,1-2H3. The molecular weight excluding hydrogens is 332 g/mol. The molecule has 1 heterocycles. The SMILES string of the molecule is CC(C)c1ccc2c(C(=Nc3ccccc3)c3ccccc3)c(O)[nH]c2c1. The molecule has 1 aromatic heterocycles. The summed E-state index contributed by atoms with van der Waals surface area (Å²) in [4.78, 5) is 8.01. The number of nitrogens with one attached hydrogen (secondary N) is 1. The van der Waals surface area contributed by atoms with Gasteiger partial charge in [-0.3, -0.25) is 0 Å². The Morgan fingerprint density at radius 3 is 2.22 bits per heavy atom. The molecule has 0 spiro atoms. The van der Waals surface area contributed by atoms with E-state index in [0.717, 1.165) is 33.4 Å². The fourth-order valence-corrected chi connectivity index (χ4v) is 3.29. The van der Waals surface area contributed by atoms with E-state index < -0.39 is 0 Å². The second-order valence-corrected chi connectivity index (χ2v) is 6.97. The lowest BCUT2D eigenvalue weighted by Gasteiger charge is -2.08. The minimum absolute atomic E-state index is 0.143. The number of fused-ring (bicyclic) bond motifs is 1. The van der Waals surface area contributed by atoms with Crippen molar-refractivity contribution in [2.75, 3.05) is 0 Å². The van der Waals surface area contributed by atoms with E-state index in [4.69, 9.17) is 4.99 Å². The average Bonchev–Trinajstić information content (AvgIpc) is 3.02. The van der Waals surface area contributed by atoms with Crippen LogP contribution in [0, 0.1) is 0 Å². The molecule has 0 bridgehead atoms. The van der Waals surface area contributed by atoms with Crippen LogP contribution in [-0.4, -0.2) is 15.8 Å². The summed E-state index contributed by atoms with van der Waals surface area (Å²) in [6, 6.07) is 26.1. The van der Waals surface area contributed by atoms with Crippen LogP contribution in [0.1, 0.15) is 36.5 Å². The zero-order chi connectivity index (χ0) is 18.8. The van der Waals surface area contributed by atoms with Crippen molar-refractivity contribution < 1.29 is 5.11 Å². The first-order valence-corrected chi connectivity index (χ1v) is 9.17. The molecule has 3 nitrogen and oxygen atoms in total. The number of rotatable bonds is 4. The molecule has 3 aromatic carbocycles. The Labute approximate surface area is 159 Å². The third-order valence-corrected chi connectivity index (χ3v) is 4.75. The largest absolute Gasteiger partial charge is 0.494 e. The van der Waals surface area contributed by atoms with Crippen molar-refractivity contribution in [1.82, 2.24) is 4.98 Å². The zero-order valence-electron chi connectivity index (χ0n) is 15.5. The van der Waals surface area contributed by atoms with Gasteiger partial charge >= 0.3 is 0 Å². The molecule has 0 saturated heterocycles. The molecule has 0 aliphatic rings. The van der Waals surface area contributed by atoms with Crippen molar-refractivity contribution in [3.63, 3.8) is 0 Å². The second-order valence-electron chi connectivity index (χ2n) is 6.97. The Kier molecular flexibility index (Phi) is 4.51. The molecule has 0 aliphatic carbocycles. The molecule has 0 aliphatic heterocycles. The van der Waals surface area contributed by atoms with E-state index in [1.165, 1.54) is 5.56 Å². The molecule has 0 amide bonds. The lowest BCUT2D eigenvalue weighted by Crippen LogP contribution is -2.02. The summed E-state index contributed by atoms with van der Waals surface area (Å²) in [7, 11) is 0. The first-order chi connectivity index (χ1) is 13.1. The van der Waals surface area contributed by atoms with Crippen molar-refractivity contribution >= 4 is 22.3 Å². The van der Waals surface area contributed by atoms with Crippen LogP contribution in [-0.2, 0) is 0 Å².